The molecule has 2 fully saturated rings. The molecule has 2 bridgehead atoms. The van der Waals surface area contributed by atoms with Crippen molar-refractivity contribution in [3.05, 3.63) is 71.9 Å². The second kappa shape index (κ2) is 11.6. The average Bonchev–Trinajstić information content (AvgIpc) is 3.41. The lowest BCUT2D eigenvalue weighted by atomic mass is 9.91. The van der Waals surface area contributed by atoms with Crippen LogP contribution in [-0.4, -0.2) is 65.2 Å². The first-order valence-electron chi connectivity index (χ1n) is 12.9. The summed E-state index contributed by atoms with van der Waals surface area (Å²) in [4.78, 5) is 15.1. The third kappa shape index (κ3) is 5.95. The number of ether oxygens (including phenoxy) is 2. The standard InChI is InChI=1S/C27H26F2N6O5S/c1-15-25(32-23-7-6-21(41(36)37)10-22(23)29)30-14-31-27(15)39-20-8-18-12-38-13-19(9-20)35(18)11-24-33-26(34-40-24)16-2-4-17(28)5-3-16/h2-7,10,14,18-20H,8-9,11-13H2,1H3,(H,36,37)(H,30,31,32)/p-1. The van der Waals surface area contributed by atoms with Crippen molar-refractivity contribution in [2.24, 2.45) is 0 Å². The number of piperidine rings is 1. The molecule has 3 unspecified atom stereocenters. The summed E-state index contributed by atoms with van der Waals surface area (Å²) < 4.78 is 67.6. The molecule has 2 saturated heterocycles. The number of hydrogen-bond donors (Lipinski definition) is 1. The quantitative estimate of drug-likeness (QED) is 0.302. The number of nitrogens with one attached hydrogen (secondary N) is 1. The van der Waals surface area contributed by atoms with E-state index in [0.29, 0.717) is 67.1 Å². The molecular formula is C27H25F2N6O5S-. The van der Waals surface area contributed by atoms with Crippen molar-refractivity contribution in [1.29, 1.82) is 0 Å². The Bertz CT molecular complexity index is 1560. The highest BCUT2D eigenvalue weighted by Gasteiger charge is 2.41. The minimum absolute atomic E-state index is 0.0487. The predicted octanol–water partition coefficient (Wildman–Crippen LogP) is 3.91. The molecule has 11 nitrogen and oxygen atoms in total. The van der Waals surface area contributed by atoms with E-state index in [1.807, 2.05) is 0 Å². The molecule has 14 heteroatoms. The van der Waals surface area contributed by atoms with Gasteiger partial charge in [0.2, 0.25) is 17.6 Å². The molecule has 0 saturated carbocycles. The number of morpholine rings is 1. The second-order valence-electron chi connectivity index (χ2n) is 9.90. The third-order valence-corrected chi connectivity index (χ3v) is 7.86. The first-order chi connectivity index (χ1) is 19.8. The molecule has 2 aromatic heterocycles. The lowest BCUT2D eigenvalue weighted by Gasteiger charge is -2.47. The molecule has 1 N–H and O–H groups in total. The topological polar surface area (TPSA) is 139 Å². The lowest BCUT2D eigenvalue weighted by Crippen LogP contribution is -2.58. The van der Waals surface area contributed by atoms with Crippen LogP contribution in [0.25, 0.3) is 11.4 Å². The zero-order valence-electron chi connectivity index (χ0n) is 21.8. The van der Waals surface area contributed by atoms with Gasteiger partial charge in [0.25, 0.3) is 0 Å². The van der Waals surface area contributed by atoms with Gasteiger partial charge in [-0.3, -0.25) is 9.11 Å². The third-order valence-electron chi connectivity index (χ3n) is 7.22. The zero-order valence-corrected chi connectivity index (χ0v) is 22.6. The predicted molar refractivity (Wildman–Crippen MR) is 141 cm³/mol. The van der Waals surface area contributed by atoms with Crippen LogP contribution in [0.1, 0.15) is 24.3 Å². The normalized spacial score (nSPS) is 21.4. The van der Waals surface area contributed by atoms with Crippen molar-refractivity contribution in [3.63, 3.8) is 0 Å². The van der Waals surface area contributed by atoms with Gasteiger partial charge in [-0.15, -0.1) is 0 Å². The largest absolute Gasteiger partial charge is 0.768 e. The highest BCUT2D eigenvalue weighted by Crippen LogP contribution is 2.33. The van der Waals surface area contributed by atoms with E-state index in [1.54, 1.807) is 19.1 Å². The van der Waals surface area contributed by atoms with Crippen LogP contribution in [0.3, 0.4) is 0 Å². The highest BCUT2D eigenvalue weighted by atomic mass is 32.2. The number of nitrogens with zero attached hydrogens (tertiary/aromatic N) is 5. The number of anilines is 2. The van der Waals surface area contributed by atoms with Crippen molar-refractivity contribution in [2.75, 3.05) is 18.5 Å². The molecule has 3 atom stereocenters. The number of benzene rings is 2. The van der Waals surface area contributed by atoms with Crippen LogP contribution in [0.4, 0.5) is 20.3 Å². The van der Waals surface area contributed by atoms with Crippen LogP contribution in [0.2, 0.25) is 0 Å². The molecule has 0 spiro atoms. The average molecular weight is 584 g/mol. The van der Waals surface area contributed by atoms with Gasteiger partial charge < -0.3 is 23.9 Å². The molecule has 41 heavy (non-hydrogen) atoms. The van der Waals surface area contributed by atoms with Gasteiger partial charge in [-0.05, 0) is 60.5 Å². The van der Waals surface area contributed by atoms with Gasteiger partial charge in [0.05, 0.1) is 31.0 Å². The number of aromatic nitrogens is 4. The number of fused-ring (bicyclic) bond motifs is 2. The molecule has 2 aliphatic heterocycles. The van der Waals surface area contributed by atoms with Crippen molar-refractivity contribution in [3.8, 4) is 17.3 Å². The Morgan fingerprint density at radius 1 is 1.12 bits per heavy atom. The summed E-state index contributed by atoms with van der Waals surface area (Å²) in [5.74, 6) is 0.528. The molecule has 0 aliphatic carbocycles. The van der Waals surface area contributed by atoms with Crippen molar-refractivity contribution in [2.45, 2.75) is 49.4 Å². The molecule has 4 heterocycles. The fourth-order valence-electron chi connectivity index (χ4n) is 5.15. The van der Waals surface area contributed by atoms with Gasteiger partial charge in [-0.25, -0.2) is 18.7 Å². The van der Waals surface area contributed by atoms with E-state index in [2.05, 4.69) is 30.3 Å². The van der Waals surface area contributed by atoms with E-state index >= 15 is 0 Å². The second-order valence-corrected chi connectivity index (χ2v) is 10.8. The highest BCUT2D eigenvalue weighted by molar-refractivity contribution is 7.79. The molecule has 2 aliphatic rings. The van der Waals surface area contributed by atoms with Crippen molar-refractivity contribution < 1.29 is 31.5 Å². The minimum atomic E-state index is -2.53. The number of rotatable bonds is 8. The molecular weight excluding hydrogens is 558 g/mol. The fraction of sp³-hybridized carbons (Fsp3) is 0.333. The Balaban J connectivity index is 1.12. The van der Waals surface area contributed by atoms with Crippen molar-refractivity contribution in [1.82, 2.24) is 25.0 Å². The van der Waals surface area contributed by atoms with Gasteiger partial charge in [0.1, 0.15) is 29.9 Å². The summed E-state index contributed by atoms with van der Waals surface area (Å²) in [7, 11) is 0. The van der Waals surface area contributed by atoms with Gasteiger partial charge in [0.15, 0.2) is 0 Å². The number of hydrogen-bond acceptors (Lipinski definition) is 11. The van der Waals surface area contributed by atoms with Gasteiger partial charge in [0, 0.05) is 35.4 Å². The van der Waals surface area contributed by atoms with Crippen LogP contribution < -0.4 is 10.1 Å². The van der Waals surface area contributed by atoms with Gasteiger partial charge in [-0.1, -0.05) is 5.16 Å². The maximum absolute atomic E-state index is 14.5. The van der Waals surface area contributed by atoms with E-state index in [4.69, 9.17) is 14.0 Å². The molecule has 214 valence electrons. The minimum Gasteiger partial charge on any atom is -0.768 e. The summed E-state index contributed by atoms with van der Waals surface area (Å²) in [6.07, 6.45) is 2.53. The summed E-state index contributed by atoms with van der Waals surface area (Å²) in [6, 6.07) is 9.59. The SMILES string of the molecule is Cc1c(Nc2ccc(S(=O)[O-])cc2F)ncnc1OC1CC2COCC(C1)N2Cc1nc(-c2ccc(F)cc2)no1. The molecule has 4 aromatic rings. The maximum atomic E-state index is 14.5. The van der Waals surface area contributed by atoms with Crippen LogP contribution in [-0.2, 0) is 22.4 Å². The first kappa shape index (κ1) is 27.3. The zero-order chi connectivity index (χ0) is 28.5. The van der Waals surface area contributed by atoms with E-state index in [9.17, 15) is 17.5 Å². The van der Waals surface area contributed by atoms with Crippen LogP contribution in [0.15, 0.2) is 58.2 Å². The molecule has 0 amide bonds. The smallest absolute Gasteiger partial charge is 0.241 e. The van der Waals surface area contributed by atoms with Gasteiger partial charge in [-0.2, -0.15) is 4.98 Å². The van der Waals surface area contributed by atoms with Crippen molar-refractivity contribution >= 4 is 22.6 Å². The Kier molecular flexibility index (Phi) is 7.71. The lowest BCUT2D eigenvalue weighted by molar-refractivity contribution is -0.107. The molecule has 6 rings (SSSR count). The van der Waals surface area contributed by atoms with Crippen LogP contribution in [0, 0.1) is 18.6 Å². The van der Waals surface area contributed by atoms with Gasteiger partial charge >= 0.3 is 0 Å². The van der Waals surface area contributed by atoms with E-state index in [1.165, 1.54) is 30.6 Å². The monoisotopic (exact) mass is 583 g/mol. The Labute approximate surface area is 236 Å². The molecule has 0 radical (unpaired) electrons. The Hall–Kier alpha value is -3.85. The summed E-state index contributed by atoms with van der Waals surface area (Å²) in [5, 5.41) is 6.95. The number of halogens is 2. The van der Waals surface area contributed by atoms with E-state index in [0.717, 1.165) is 6.07 Å². The molecule has 2 aromatic carbocycles. The fourth-order valence-corrected chi connectivity index (χ4v) is 5.53. The summed E-state index contributed by atoms with van der Waals surface area (Å²) >= 11 is -2.53. The Morgan fingerprint density at radius 3 is 2.59 bits per heavy atom. The maximum Gasteiger partial charge on any atom is 0.241 e. The first-order valence-corrected chi connectivity index (χ1v) is 14.0. The van der Waals surface area contributed by atoms with Crippen LogP contribution in [0.5, 0.6) is 5.88 Å². The Morgan fingerprint density at radius 2 is 1.88 bits per heavy atom. The van der Waals surface area contributed by atoms with Crippen LogP contribution >= 0.6 is 0 Å². The van der Waals surface area contributed by atoms with E-state index < -0.39 is 16.9 Å². The van der Waals surface area contributed by atoms with E-state index in [-0.39, 0.29) is 34.6 Å². The summed E-state index contributed by atoms with van der Waals surface area (Å²) in [6.45, 7) is 3.26. The summed E-state index contributed by atoms with van der Waals surface area (Å²) in [5.41, 5.74) is 1.34.